The first kappa shape index (κ1) is 30.9. The molecular formula is C35H42BrO2P. The zero-order valence-electron chi connectivity index (χ0n) is 23.4. The third kappa shape index (κ3) is 8.19. The highest BCUT2D eigenvalue weighted by atomic mass is 79.9. The van der Waals surface area contributed by atoms with E-state index < -0.39 is 7.26 Å². The van der Waals surface area contributed by atoms with E-state index in [-0.39, 0.29) is 17.0 Å². The summed E-state index contributed by atoms with van der Waals surface area (Å²) in [5, 5.41) is 4.12. The van der Waals surface area contributed by atoms with Crippen molar-refractivity contribution in [1.29, 1.82) is 0 Å². The van der Waals surface area contributed by atoms with E-state index in [1.54, 1.807) is 7.11 Å². The first-order chi connectivity index (χ1) is 18.8. The summed E-state index contributed by atoms with van der Waals surface area (Å²) in [5.74, 6) is 1.85. The van der Waals surface area contributed by atoms with Crippen LogP contribution in [-0.2, 0) is 6.16 Å². The van der Waals surface area contributed by atoms with E-state index >= 15 is 0 Å². The molecule has 0 unspecified atom stereocenters. The predicted octanol–water partition coefficient (Wildman–Crippen LogP) is 5.32. The van der Waals surface area contributed by atoms with Crippen molar-refractivity contribution in [2.24, 2.45) is 0 Å². The Kier molecular flexibility index (Phi) is 13.1. The van der Waals surface area contributed by atoms with Crippen LogP contribution in [0, 0.1) is 0 Å². The van der Waals surface area contributed by atoms with E-state index in [1.165, 1.54) is 60.0 Å². The lowest BCUT2D eigenvalue weighted by Gasteiger charge is -2.28. The van der Waals surface area contributed by atoms with Crippen LogP contribution >= 0.6 is 7.26 Å². The number of hydrogen-bond donors (Lipinski definition) is 0. The Labute approximate surface area is 246 Å². The molecule has 4 aromatic carbocycles. The lowest BCUT2D eigenvalue weighted by atomic mass is 10.1. The molecule has 206 valence electrons. The van der Waals surface area contributed by atoms with E-state index in [9.17, 15) is 0 Å². The monoisotopic (exact) mass is 604 g/mol. The molecule has 4 aromatic rings. The number of hydrogen-bond acceptors (Lipinski definition) is 2. The van der Waals surface area contributed by atoms with Gasteiger partial charge in [0.25, 0.3) is 0 Å². The summed E-state index contributed by atoms with van der Waals surface area (Å²) >= 11 is 0. The normalized spacial score (nSPS) is 11.0. The molecule has 4 heteroatoms. The molecule has 39 heavy (non-hydrogen) atoms. The Morgan fingerprint density at radius 1 is 0.590 bits per heavy atom. The lowest BCUT2D eigenvalue weighted by Crippen LogP contribution is -3.00. The maximum absolute atomic E-state index is 6.48. The molecule has 0 heterocycles. The molecule has 0 spiro atoms. The van der Waals surface area contributed by atoms with Crippen molar-refractivity contribution >= 4 is 23.2 Å². The predicted molar refractivity (Wildman–Crippen MR) is 165 cm³/mol. The molecule has 2 nitrogen and oxygen atoms in total. The maximum atomic E-state index is 6.48. The average Bonchev–Trinajstić information content (AvgIpc) is 2.99. The summed E-state index contributed by atoms with van der Waals surface area (Å²) in [4.78, 5) is 0. The number of unbranched alkanes of at least 4 members (excludes halogenated alkanes) is 6. The highest BCUT2D eigenvalue weighted by Gasteiger charge is 2.46. The van der Waals surface area contributed by atoms with Gasteiger partial charge in [0.15, 0.2) is 0 Å². The molecule has 0 aliphatic carbocycles. The van der Waals surface area contributed by atoms with Gasteiger partial charge in [-0.05, 0) is 61.0 Å². The summed E-state index contributed by atoms with van der Waals surface area (Å²) in [5.41, 5.74) is 1.21. The van der Waals surface area contributed by atoms with Crippen molar-refractivity contribution < 1.29 is 26.5 Å². The van der Waals surface area contributed by atoms with Gasteiger partial charge in [0.2, 0.25) is 0 Å². The molecule has 0 N–H and O–H groups in total. The smallest absolute Gasteiger partial charge is 0.126 e. The molecule has 0 aliphatic rings. The molecule has 0 aromatic heterocycles. The third-order valence-corrected chi connectivity index (χ3v) is 11.6. The zero-order chi connectivity index (χ0) is 26.5. The maximum Gasteiger partial charge on any atom is 0.126 e. The second kappa shape index (κ2) is 16.5. The van der Waals surface area contributed by atoms with Gasteiger partial charge >= 0.3 is 0 Å². The summed E-state index contributed by atoms with van der Waals surface area (Å²) in [6.45, 7) is 3.02. The largest absolute Gasteiger partial charge is 1.00 e. The highest BCUT2D eigenvalue weighted by molar-refractivity contribution is 7.95. The zero-order valence-corrected chi connectivity index (χ0v) is 25.9. The van der Waals surface area contributed by atoms with Gasteiger partial charge in [-0.3, -0.25) is 0 Å². The standard InChI is InChI=1S/C35H42O2P.BrH/c1-3-4-5-6-7-8-18-27-37-35-26-25-31(36-2)28-30(35)29-38(32-19-12-9-13-20-32,33-21-14-10-15-22-33)34-23-16-11-17-24-34;/h9-17,19-26,28H,3-8,18,27,29H2,1-2H3;1H/q+1;/p-1. The average molecular weight is 606 g/mol. The van der Waals surface area contributed by atoms with Crippen molar-refractivity contribution in [1.82, 2.24) is 0 Å². The van der Waals surface area contributed by atoms with Crippen LogP contribution in [0.5, 0.6) is 11.5 Å². The Bertz CT molecular complexity index is 1120. The van der Waals surface area contributed by atoms with E-state index in [0.29, 0.717) is 0 Å². The van der Waals surface area contributed by atoms with Crippen molar-refractivity contribution in [3.63, 3.8) is 0 Å². The van der Waals surface area contributed by atoms with Crippen LogP contribution in [-0.4, -0.2) is 13.7 Å². The summed E-state index contributed by atoms with van der Waals surface area (Å²) in [7, 11) is -0.286. The Hall–Kier alpha value is -2.61. The number of ether oxygens (including phenoxy) is 2. The van der Waals surface area contributed by atoms with Gasteiger partial charge in [-0.15, -0.1) is 0 Å². The first-order valence-electron chi connectivity index (χ1n) is 14.1. The Morgan fingerprint density at radius 2 is 1.08 bits per heavy atom. The van der Waals surface area contributed by atoms with E-state index in [1.807, 2.05) is 6.07 Å². The van der Waals surface area contributed by atoms with Crippen molar-refractivity contribution in [2.75, 3.05) is 13.7 Å². The summed E-state index contributed by atoms with van der Waals surface area (Å²) in [6, 6.07) is 39.4. The van der Waals surface area contributed by atoms with Crippen LogP contribution in [0.1, 0.15) is 57.4 Å². The molecule has 0 bridgehead atoms. The molecule has 0 saturated heterocycles. The summed E-state index contributed by atoms with van der Waals surface area (Å²) in [6.07, 6.45) is 9.81. The van der Waals surface area contributed by atoms with Crippen LogP contribution in [0.2, 0.25) is 0 Å². The molecule has 0 radical (unpaired) electrons. The van der Waals surface area contributed by atoms with Crippen molar-refractivity contribution in [2.45, 2.75) is 58.0 Å². The highest BCUT2D eigenvalue weighted by Crippen LogP contribution is 2.59. The minimum absolute atomic E-state index is 0. The van der Waals surface area contributed by atoms with Gasteiger partial charge in [0.05, 0.1) is 13.7 Å². The fourth-order valence-corrected chi connectivity index (χ4v) is 9.46. The summed E-state index contributed by atoms with van der Waals surface area (Å²) < 4.78 is 12.2. The Balaban J connectivity index is 0.00000420. The Morgan fingerprint density at radius 3 is 1.56 bits per heavy atom. The quantitative estimate of drug-likeness (QED) is 0.135. The molecule has 0 aliphatic heterocycles. The van der Waals surface area contributed by atoms with Gasteiger partial charge in [0, 0.05) is 5.56 Å². The second-order valence-corrected chi connectivity index (χ2v) is 13.4. The molecule has 0 amide bonds. The van der Waals surface area contributed by atoms with E-state index in [0.717, 1.165) is 30.7 Å². The van der Waals surface area contributed by atoms with Crippen LogP contribution in [0.25, 0.3) is 0 Å². The topological polar surface area (TPSA) is 18.5 Å². The van der Waals surface area contributed by atoms with Gasteiger partial charge in [-0.1, -0.05) is 100 Å². The van der Waals surface area contributed by atoms with Crippen molar-refractivity contribution in [3.05, 3.63) is 115 Å². The first-order valence-corrected chi connectivity index (χ1v) is 16.1. The minimum Gasteiger partial charge on any atom is -1.00 e. The third-order valence-electron chi connectivity index (χ3n) is 7.27. The van der Waals surface area contributed by atoms with Gasteiger partial charge in [-0.25, -0.2) is 0 Å². The molecule has 0 fully saturated rings. The van der Waals surface area contributed by atoms with Crippen molar-refractivity contribution in [3.8, 4) is 11.5 Å². The van der Waals surface area contributed by atoms with Gasteiger partial charge in [-0.2, -0.15) is 0 Å². The van der Waals surface area contributed by atoms with E-state index in [2.05, 4.69) is 110 Å². The second-order valence-electron chi connectivity index (χ2n) is 9.92. The van der Waals surface area contributed by atoms with Crippen LogP contribution in [0.3, 0.4) is 0 Å². The molecule has 4 rings (SSSR count). The number of methoxy groups -OCH3 is 1. The van der Waals surface area contributed by atoms with Crippen LogP contribution in [0.4, 0.5) is 0 Å². The van der Waals surface area contributed by atoms with E-state index in [4.69, 9.17) is 9.47 Å². The van der Waals surface area contributed by atoms with Gasteiger partial charge < -0.3 is 26.5 Å². The fourth-order valence-electron chi connectivity index (χ4n) is 5.21. The molecule has 0 atom stereocenters. The SMILES string of the molecule is CCCCCCCCCOc1ccc(OC)cc1C[P+](c1ccccc1)(c1ccccc1)c1ccccc1.[Br-]. The van der Waals surface area contributed by atoms with Crippen LogP contribution in [0.15, 0.2) is 109 Å². The number of halogens is 1. The molecular weight excluding hydrogens is 563 g/mol. The van der Waals surface area contributed by atoms with Gasteiger partial charge in [0.1, 0.15) is 40.8 Å². The lowest BCUT2D eigenvalue weighted by molar-refractivity contribution is -0.00000840. The number of rotatable bonds is 15. The van der Waals surface area contributed by atoms with Crippen LogP contribution < -0.4 is 42.4 Å². The fraction of sp³-hybridized carbons (Fsp3) is 0.314. The number of benzene rings is 4. The minimum atomic E-state index is -2.03. The molecule has 0 saturated carbocycles.